The molecule has 0 bridgehead atoms. The van der Waals surface area contributed by atoms with E-state index in [0.717, 1.165) is 12.1 Å². The van der Waals surface area contributed by atoms with Crippen molar-refractivity contribution in [2.75, 3.05) is 7.11 Å². The summed E-state index contributed by atoms with van der Waals surface area (Å²) >= 11 is 3.22. The summed E-state index contributed by atoms with van der Waals surface area (Å²) in [5.41, 5.74) is 5.57. The molecule has 2 N–H and O–H groups in total. The summed E-state index contributed by atoms with van der Waals surface area (Å²) in [6, 6.07) is 5.86. The first-order chi connectivity index (χ1) is 9.82. The third kappa shape index (κ3) is 3.66. The Morgan fingerprint density at radius 2 is 2.00 bits per heavy atom. The van der Waals surface area contributed by atoms with Crippen molar-refractivity contribution in [1.82, 2.24) is 0 Å². The number of halogens is 4. The minimum atomic E-state index is -4.42. The van der Waals surface area contributed by atoms with Gasteiger partial charge >= 0.3 is 6.18 Å². The van der Waals surface area contributed by atoms with Crippen LogP contribution in [-0.2, 0) is 17.5 Å². The van der Waals surface area contributed by atoms with Crippen LogP contribution in [0.3, 0.4) is 0 Å². The Morgan fingerprint density at radius 1 is 1.29 bits per heavy atom. The molecule has 0 saturated carbocycles. The first kappa shape index (κ1) is 16.1. The third-order valence-corrected chi connectivity index (χ3v) is 3.66. The maximum absolute atomic E-state index is 12.8. The minimum absolute atomic E-state index is 0.274. The van der Waals surface area contributed by atoms with Gasteiger partial charge in [-0.25, -0.2) is 0 Å². The molecule has 0 aliphatic rings. The van der Waals surface area contributed by atoms with E-state index >= 15 is 0 Å². The summed E-state index contributed by atoms with van der Waals surface area (Å²) in [6.45, 7) is 0.274. The molecule has 2 rings (SSSR count). The molecule has 7 heteroatoms. The molecule has 0 fully saturated rings. The van der Waals surface area contributed by atoms with E-state index in [2.05, 4.69) is 15.9 Å². The second-order valence-electron chi connectivity index (χ2n) is 4.45. The molecule has 0 aliphatic carbocycles. The zero-order valence-electron chi connectivity index (χ0n) is 11.1. The molecule has 3 nitrogen and oxygen atoms in total. The highest BCUT2D eigenvalue weighted by atomic mass is 79.9. The molecule has 0 aliphatic heterocycles. The number of methoxy groups -OCH3 is 1. The van der Waals surface area contributed by atoms with Crippen molar-refractivity contribution in [2.24, 2.45) is 5.73 Å². The highest BCUT2D eigenvalue weighted by Crippen LogP contribution is 2.35. The van der Waals surface area contributed by atoms with Crippen molar-refractivity contribution >= 4 is 15.9 Å². The van der Waals surface area contributed by atoms with Gasteiger partial charge in [-0.3, -0.25) is 0 Å². The highest BCUT2D eigenvalue weighted by molar-refractivity contribution is 9.10. The van der Waals surface area contributed by atoms with E-state index in [9.17, 15) is 13.2 Å². The lowest BCUT2D eigenvalue weighted by molar-refractivity contribution is -0.137. The predicted octanol–water partition coefficient (Wildman–Crippen LogP) is 4.26. The molecular weight excluding hydrogens is 351 g/mol. The molecule has 1 atom stereocenters. The molecule has 0 radical (unpaired) electrons. The summed E-state index contributed by atoms with van der Waals surface area (Å²) < 4.78 is 49.2. The van der Waals surface area contributed by atoms with Crippen LogP contribution >= 0.6 is 15.9 Å². The normalized spacial score (nSPS) is 13.4. The van der Waals surface area contributed by atoms with Crippen LogP contribution in [0.5, 0.6) is 0 Å². The predicted molar refractivity (Wildman–Crippen MR) is 74.6 cm³/mol. The number of alkyl halides is 3. The van der Waals surface area contributed by atoms with E-state index in [0.29, 0.717) is 21.6 Å². The van der Waals surface area contributed by atoms with Crippen molar-refractivity contribution < 1.29 is 22.3 Å². The van der Waals surface area contributed by atoms with Gasteiger partial charge in [0.05, 0.1) is 11.6 Å². The van der Waals surface area contributed by atoms with Gasteiger partial charge in [0.25, 0.3) is 0 Å². The molecule has 1 aromatic carbocycles. The monoisotopic (exact) mass is 363 g/mol. The summed E-state index contributed by atoms with van der Waals surface area (Å²) in [7, 11) is 1.52. The van der Waals surface area contributed by atoms with E-state index in [-0.39, 0.29) is 6.61 Å². The number of ether oxygens (including phenoxy) is 1. The fraction of sp³-hybridized carbons (Fsp3) is 0.286. The second kappa shape index (κ2) is 6.21. The highest BCUT2D eigenvalue weighted by Gasteiger charge is 2.31. The average molecular weight is 364 g/mol. The Balaban J connectivity index is 2.35. The van der Waals surface area contributed by atoms with Crippen LogP contribution < -0.4 is 5.73 Å². The molecule has 2 aromatic rings. The zero-order valence-corrected chi connectivity index (χ0v) is 12.7. The number of benzene rings is 1. The smallest absolute Gasteiger partial charge is 0.416 e. The molecule has 1 unspecified atom stereocenters. The molecule has 1 aromatic heterocycles. The van der Waals surface area contributed by atoms with Gasteiger partial charge in [-0.05, 0) is 35.9 Å². The lowest BCUT2D eigenvalue weighted by Crippen LogP contribution is -2.14. The van der Waals surface area contributed by atoms with Gasteiger partial charge in [0, 0.05) is 11.6 Å². The average Bonchev–Trinajstić information content (AvgIpc) is 2.86. The van der Waals surface area contributed by atoms with E-state index in [1.807, 2.05) is 0 Å². The maximum atomic E-state index is 12.8. The molecule has 1 heterocycles. The van der Waals surface area contributed by atoms with Gasteiger partial charge in [-0.1, -0.05) is 15.9 Å². The van der Waals surface area contributed by atoms with Crippen LogP contribution in [0.15, 0.2) is 39.2 Å². The van der Waals surface area contributed by atoms with Crippen molar-refractivity contribution in [3.05, 3.63) is 57.5 Å². The van der Waals surface area contributed by atoms with Crippen LogP contribution in [-0.4, -0.2) is 7.11 Å². The van der Waals surface area contributed by atoms with Crippen molar-refractivity contribution in [1.29, 1.82) is 0 Å². The Morgan fingerprint density at radius 3 is 2.62 bits per heavy atom. The quantitative estimate of drug-likeness (QED) is 0.882. The lowest BCUT2D eigenvalue weighted by atomic mass is 10.0. The van der Waals surface area contributed by atoms with Crippen LogP contribution in [0.25, 0.3) is 0 Å². The Bertz CT molecular complexity index is 625. The number of rotatable bonds is 4. The van der Waals surface area contributed by atoms with Crippen molar-refractivity contribution in [2.45, 2.75) is 18.8 Å². The minimum Gasteiger partial charge on any atom is -0.462 e. The first-order valence-electron chi connectivity index (χ1n) is 6.02. The van der Waals surface area contributed by atoms with Crippen molar-refractivity contribution in [3.63, 3.8) is 0 Å². The third-order valence-electron chi connectivity index (χ3n) is 2.93. The SMILES string of the molecule is COCc1ccc(C(N)c2cc(C(F)(F)F)ccc2Br)o1. The van der Waals surface area contributed by atoms with Crippen LogP contribution in [0.4, 0.5) is 13.2 Å². The summed E-state index contributed by atoms with van der Waals surface area (Å²) in [6.07, 6.45) is -4.42. The first-order valence-corrected chi connectivity index (χ1v) is 6.82. The van der Waals surface area contributed by atoms with Gasteiger partial charge in [0.15, 0.2) is 0 Å². The van der Waals surface area contributed by atoms with Crippen LogP contribution in [0.2, 0.25) is 0 Å². The van der Waals surface area contributed by atoms with E-state index < -0.39 is 17.8 Å². The standard InChI is InChI=1S/C14H13BrF3NO2/c1-20-7-9-3-5-12(21-9)13(19)10-6-8(14(16,17)18)2-4-11(10)15/h2-6,13H,7,19H2,1H3. The summed E-state index contributed by atoms with van der Waals surface area (Å²) in [5.74, 6) is 0.938. The number of nitrogens with two attached hydrogens (primary N) is 1. The van der Waals surface area contributed by atoms with Crippen LogP contribution in [0.1, 0.15) is 28.7 Å². The summed E-state index contributed by atoms with van der Waals surface area (Å²) in [5, 5.41) is 0. The topological polar surface area (TPSA) is 48.4 Å². The van der Waals surface area contributed by atoms with Crippen LogP contribution in [0, 0.1) is 0 Å². The van der Waals surface area contributed by atoms with Gasteiger partial charge in [0.2, 0.25) is 0 Å². The lowest BCUT2D eigenvalue weighted by Gasteiger charge is -2.15. The second-order valence-corrected chi connectivity index (χ2v) is 5.30. The Labute approximate surface area is 128 Å². The molecule has 0 amide bonds. The fourth-order valence-electron chi connectivity index (χ4n) is 1.89. The van der Waals surface area contributed by atoms with E-state index in [1.54, 1.807) is 12.1 Å². The number of hydrogen-bond acceptors (Lipinski definition) is 3. The van der Waals surface area contributed by atoms with Gasteiger partial charge in [-0.15, -0.1) is 0 Å². The van der Waals surface area contributed by atoms with E-state index in [1.165, 1.54) is 13.2 Å². The Kier molecular flexibility index (Phi) is 4.75. The van der Waals surface area contributed by atoms with Gasteiger partial charge in [-0.2, -0.15) is 13.2 Å². The molecule has 21 heavy (non-hydrogen) atoms. The fourth-order valence-corrected chi connectivity index (χ4v) is 2.39. The summed E-state index contributed by atoms with van der Waals surface area (Å²) in [4.78, 5) is 0. The van der Waals surface area contributed by atoms with E-state index in [4.69, 9.17) is 14.9 Å². The zero-order chi connectivity index (χ0) is 15.6. The molecule has 114 valence electrons. The molecule has 0 spiro atoms. The Hall–Kier alpha value is -1.31. The number of furan rings is 1. The van der Waals surface area contributed by atoms with Crippen molar-refractivity contribution in [3.8, 4) is 0 Å². The maximum Gasteiger partial charge on any atom is 0.416 e. The molecule has 0 saturated heterocycles. The van der Waals surface area contributed by atoms with Gasteiger partial charge in [0.1, 0.15) is 18.1 Å². The molecular formula is C14H13BrF3NO2. The number of hydrogen-bond donors (Lipinski definition) is 1. The van der Waals surface area contributed by atoms with Gasteiger partial charge < -0.3 is 14.9 Å². The largest absolute Gasteiger partial charge is 0.462 e.